The van der Waals surface area contributed by atoms with Crippen molar-refractivity contribution in [3.8, 4) is 0 Å². The molecule has 2 atom stereocenters. The quantitative estimate of drug-likeness (QED) is 0.540. The third-order valence-corrected chi connectivity index (χ3v) is 4.14. The van der Waals surface area contributed by atoms with Gasteiger partial charge in [-0.05, 0) is 17.8 Å². The first-order valence-electron chi connectivity index (χ1n) is 3.93. The van der Waals surface area contributed by atoms with Gasteiger partial charge in [0.15, 0.2) is 0 Å². The van der Waals surface area contributed by atoms with Crippen LogP contribution in [0.5, 0.6) is 0 Å². The van der Waals surface area contributed by atoms with Crippen molar-refractivity contribution < 1.29 is 14.4 Å². The molecule has 1 fully saturated rings. The highest BCUT2D eigenvalue weighted by molar-refractivity contribution is 7.54. The van der Waals surface area contributed by atoms with Gasteiger partial charge in [-0.25, -0.2) is 0 Å². The van der Waals surface area contributed by atoms with E-state index in [1.165, 1.54) is 0 Å². The molecule has 12 heavy (non-hydrogen) atoms. The van der Waals surface area contributed by atoms with Crippen LogP contribution in [0.15, 0.2) is 0 Å². The zero-order chi connectivity index (χ0) is 9.78. The first-order chi connectivity index (χ1) is 5.09. The Morgan fingerprint density at radius 3 is 2.00 bits per heavy atom. The number of hydrogen-bond acceptors (Lipinski definition) is 2. The third kappa shape index (κ3) is 1.44. The molecule has 1 saturated carbocycles. The average molecular weight is 193 g/mol. The van der Waals surface area contributed by atoms with Gasteiger partial charge in [0.25, 0.3) is 0 Å². The van der Waals surface area contributed by atoms with Gasteiger partial charge in [0.1, 0.15) is 5.28 Å². The summed E-state index contributed by atoms with van der Waals surface area (Å²) in [5.74, 6) is -0.0640. The summed E-state index contributed by atoms with van der Waals surface area (Å²) in [5.41, 5.74) is 5.48. The van der Waals surface area contributed by atoms with Gasteiger partial charge in [-0.1, -0.05) is 20.8 Å². The van der Waals surface area contributed by atoms with E-state index >= 15 is 0 Å². The van der Waals surface area contributed by atoms with Crippen molar-refractivity contribution in [1.82, 2.24) is 0 Å². The highest BCUT2D eigenvalue weighted by Crippen LogP contribution is 2.69. The van der Waals surface area contributed by atoms with E-state index in [2.05, 4.69) is 0 Å². The molecule has 1 aliphatic rings. The second-order valence-electron chi connectivity index (χ2n) is 4.66. The predicted molar refractivity (Wildman–Crippen MR) is 46.5 cm³/mol. The number of hydrogen-bond donors (Lipinski definition) is 3. The summed E-state index contributed by atoms with van der Waals surface area (Å²) in [6, 6.07) is 0. The molecule has 5 heteroatoms. The Morgan fingerprint density at radius 2 is 1.92 bits per heavy atom. The van der Waals surface area contributed by atoms with E-state index in [-0.39, 0.29) is 11.3 Å². The van der Waals surface area contributed by atoms with Crippen LogP contribution in [0.1, 0.15) is 27.2 Å². The maximum Gasteiger partial charge on any atom is 0.345 e. The smallest absolute Gasteiger partial charge is 0.323 e. The van der Waals surface area contributed by atoms with Gasteiger partial charge in [0.05, 0.1) is 0 Å². The monoisotopic (exact) mass is 193 g/mol. The van der Waals surface area contributed by atoms with Gasteiger partial charge in [-0.3, -0.25) is 4.57 Å². The van der Waals surface area contributed by atoms with Crippen molar-refractivity contribution in [2.75, 3.05) is 0 Å². The molecule has 72 valence electrons. The van der Waals surface area contributed by atoms with Crippen molar-refractivity contribution in [2.45, 2.75) is 32.5 Å². The van der Waals surface area contributed by atoms with E-state index < -0.39 is 12.9 Å². The molecule has 0 radical (unpaired) electrons. The van der Waals surface area contributed by atoms with Crippen LogP contribution < -0.4 is 5.73 Å². The Morgan fingerprint density at radius 1 is 1.50 bits per heavy atom. The molecule has 1 aliphatic carbocycles. The zero-order valence-electron chi connectivity index (χ0n) is 7.61. The van der Waals surface area contributed by atoms with Gasteiger partial charge >= 0.3 is 7.60 Å². The maximum absolute atomic E-state index is 10.9. The van der Waals surface area contributed by atoms with E-state index in [1.54, 1.807) is 0 Å². The van der Waals surface area contributed by atoms with Crippen LogP contribution in [0.2, 0.25) is 0 Å². The first-order valence-corrected chi connectivity index (χ1v) is 5.55. The van der Waals surface area contributed by atoms with Crippen molar-refractivity contribution >= 4 is 7.60 Å². The SMILES string of the molecule is CC(C)(C)[C@@H]1C[C@@]1(N)P(=O)(O)O. The fraction of sp³-hybridized carbons (Fsp3) is 1.00. The highest BCUT2D eigenvalue weighted by atomic mass is 31.2. The fourth-order valence-electron chi connectivity index (χ4n) is 1.65. The minimum absolute atomic E-state index is 0.0640. The van der Waals surface area contributed by atoms with E-state index in [1.807, 2.05) is 20.8 Å². The van der Waals surface area contributed by atoms with Crippen LogP contribution in [0.25, 0.3) is 0 Å². The van der Waals surface area contributed by atoms with E-state index in [4.69, 9.17) is 15.5 Å². The molecule has 0 unspecified atom stereocenters. The molecule has 0 aromatic heterocycles. The van der Waals surface area contributed by atoms with Crippen LogP contribution in [0, 0.1) is 11.3 Å². The Balaban J connectivity index is 2.80. The lowest BCUT2D eigenvalue weighted by Gasteiger charge is -2.22. The summed E-state index contributed by atoms with van der Waals surface area (Å²) in [5, 5.41) is -1.24. The summed E-state index contributed by atoms with van der Waals surface area (Å²) in [7, 11) is -4.11. The second-order valence-corrected chi connectivity index (χ2v) is 6.58. The summed E-state index contributed by atoms with van der Waals surface area (Å²) < 4.78 is 10.9. The standard InChI is InChI=1S/C7H16NO3P/c1-6(2,3)5-4-7(5,8)12(9,10)11/h5H,4,8H2,1-3H3,(H2,9,10,11)/t5-,7+/m0/s1. The second kappa shape index (κ2) is 2.32. The molecule has 1 rings (SSSR count). The van der Waals surface area contributed by atoms with Crippen LogP contribution in [0.4, 0.5) is 0 Å². The average Bonchev–Trinajstić information content (AvgIpc) is 2.38. The molecule has 0 saturated heterocycles. The van der Waals surface area contributed by atoms with Crippen LogP contribution in [0.3, 0.4) is 0 Å². The molecular formula is C7H16NO3P. The largest absolute Gasteiger partial charge is 0.345 e. The van der Waals surface area contributed by atoms with E-state index in [9.17, 15) is 4.57 Å². The van der Waals surface area contributed by atoms with E-state index in [0.717, 1.165) is 0 Å². The Bertz CT molecular complexity index is 242. The molecular weight excluding hydrogens is 177 g/mol. The summed E-state index contributed by atoms with van der Waals surface area (Å²) >= 11 is 0. The lowest BCUT2D eigenvalue weighted by Crippen LogP contribution is -2.29. The molecule has 0 aliphatic heterocycles. The molecule has 0 amide bonds. The topological polar surface area (TPSA) is 83.6 Å². The van der Waals surface area contributed by atoms with Crippen LogP contribution in [-0.4, -0.2) is 15.1 Å². The summed E-state index contributed by atoms with van der Waals surface area (Å²) in [4.78, 5) is 17.9. The molecule has 0 heterocycles. The van der Waals surface area contributed by atoms with Crippen molar-refractivity contribution in [3.05, 3.63) is 0 Å². The van der Waals surface area contributed by atoms with Gasteiger partial charge in [-0.2, -0.15) is 0 Å². The predicted octanol–water partition coefficient (Wildman–Crippen LogP) is 0.885. The zero-order valence-corrected chi connectivity index (χ0v) is 8.51. The molecule has 0 bridgehead atoms. The van der Waals surface area contributed by atoms with Gasteiger partial charge in [-0.15, -0.1) is 0 Å². The van der Waals surface area contributed by atoms with Crippen LogP contribution in [-0.2, 0) is 4.57 Å². The molecule has 0 spiro atoms. The first kappa shape index (κ1) is 10.2. The highest BCUT2D eigenvalue weighted by Gasteiger charge is 2.66. The molecule has 0 aromatic carbocycles. The fourth-order valence-corrected chi connectivity index (χ4v) is 2.86. The number of rotatable bonds is 1. The Hall–Kier alpha value is 0.110. The van der Waals surface area contributed by atoms with Crippen LogP contribution >= 0.6 is 7.60 Å². The number of nitrogens with two attached hydrogens (primary N) is 1. The van der Waals surface area contributed by atoms with Crippen molar-refractivity contribution in [1.29, 1.82) is 0 Å². The minimum Gasteiger partial charge on any atom is -0.323 e. The molecule has 4 nitrogen and oxygen atoms in total. The molecule has 4 N–H and O–H groups in total. The minimum atomic E-state index is -4.11. The third-order valence-electron chi connectivity index (χ3n) is 2.56. The van der Waals surface area contributed by atoms with Gasteiger partial charge < -0.3 is 15.5 Å². The Labute approximate surface area is 72.3 Å². The maximum atomic E-state index is 10.9. The molecule has 0 aromatic rings. The normalized spacial score (nSPS) is 36.7. The lowest BCUT2D eigenvalue weighted by molar-refractivity contribution is 0.303. The summed E-state index contributed by atoms with van der Waals surface area (Å²) in [6.07, 6.45) is 0.431. The lowest BCUT2D eigenvalue weighted by atomic mass is 9.90. The van der Waals surface area contributed by atoms with Crippen molar-refractivity contribution in [3.63, 3.8) is 0 Å². The summed E-state index contributed by atoms with van der Waals surface area (Å²) in [6.45, 7) is 5.84. The van der Waals surface area contributed by atoms with Gasteiger partial charge in [0, 0.05) is 0 Å². The Kier molecular flexibility index (Phi) is 1.97. The van der Waals surface area contributed by atoms with Crippen molar-refractivity contribution in [2.24, 2.45) is 17.1 Å². The van der Waals surface area contributed by atoms with E-state index in [0.29, 0.717) is 6.42 Å². The van der Waals surface area contributed by atoms with Gasteiger partial charge in [0.2, 0.25) is 0 Å².